The zero-order valence-electron chi connectivity index (χ0n) is 30.3. The third-order valence-electron chi connectivity index (χ3n) is 4.80. The van der Waals surface area contributed by atoms with Gasteiger partial charge in [-0.2, -0.15) is 10.2 Å². The maximum absolute atomic E-state index is 4.60. The van der Waals surface area contributed by atoms with Crippen molar-refractivity contribution >= 4 is 0 Å². The van der Waals surface area contributed by atoms with Gasteiger partial charge >= 0.3 is 0 Å². The van der Waals surface area contributed by atoms with Gasteiger partial charge in [0.25, 0.3) is 0 Å². The van der Waals surface area contributed by atoms with Gasteiger partial charge < -0.3 is 0 Å². The first kappa shape index (κ1) is 47.5. The van der Waals surface area contributed by atoms with Crippen LogP contribution in [0.5, 0.6) is 0 Å². The highest BCUT2D eigenvalue weighted by Gasteiger charge is 2.04. The molecule has 0 aliphatic rings. The maximum atomic E-state index is 4.60. The van der Waals surface area contributed by atoms with Crippen molar-refractivity contribution in [3.63, 3.8) is 0 Å². The molecule has 0 aromatic carbocycles. The Morgan fingerprint density at radius 3 is 1.10 bits per heavy atom. The number of aromatic nitrogens is 8. The second kappa shape index (κ2) is 33.5. The third-order valence-corrected chi connectivity index (χ3v) is 4.80. The van der Waals surface area contributed by atoms with Gasteiger partial charge in [-0.15, -0.1) is 24.7 Å². The standard InChI is InChI=1S/C15H11N3.C11H9N5.2C3H4.4C2H6.CH4/c1-3-10-16-12(6-1)14-8-5-9-15(18-14)13-7-2-4-11-17-13;1-4-10(15-8-2-6-12-15)14-11(5-1)16-9-3-7-13-16;2*1-3-2;4*1-2;/h1-11H;1-9H;2*1H,2H3;4*1-2H3;1H4. The molecule has 0 amide bonds. The van der Waals surface area contributed by atoms with E-state index in [-0.39, 0.29) is 7.43 Å². The van der Waals surface area contributed by atoms with E-state index in [0.29, 0.717) is 0 Å². The molecule has 0 saturated carbocycles. The number of hydrogen-bond acceptors (Lipinski definition) is 6. The summed E-state index contributed by atoms with van der Waals surface area (Å²) in [5.41, 5.74) is 3.46. The van der Waals surface area contributed by atoms with Crippen molar-refractivity contribution in [3.8, 4) is 59.1 Å². The summed E-state index contributed by atoms with van der Waals surface area (Å²) in [4.78, 5) is 17.6. The molecule has 6 rings (SSSR count). The molecule has 0 N–H and O–H groups in total. The molecule has 260 valence electrons. The Morgan fingerprint density at radius 2 is 0.796 bits per heavy atom. The molecule has 0 saturated heterocycles. The molecule has 0 spiro atoms. The number of rotatable bonds is 4. The molecule has 0 unspecified atom stereocenters. The first-order valence-corrected chi connectivity index (χ1v) is 16.2. The average molecular weight is 661 g/mol. The van der Waals surface area contributed by atoms with Crippen LogP contribution >= 0.6 is 0 Å². The molecule has 0 aliphatic heterocycles. The summed E-state index contributed by atoms with van der Waals surface area (Å²) in [7, 11) is 0. The highest BCUT2D eigenvalue weighted by molar-refractivity contribution is 5.61. The van der Waals surface area contributed by atoms with E-state index in [0.717, 1.165) is 34.4 Å². The van der Waals surface area contributed by atoms with Crippen LogP contribution in [0.15, 0.2) is 122 Å². The van der Waals surface area contributed by atoms with Crippen LogP contribution in [-0.4, -0.2) is 39.5 Å². The Balaban J connectivity index is -0.000000627. The molecule has 0 aliphatic carbocycles. The predicted octanol–water partition coefficient (Wildman–Crippen LogP) is 10.7. The molecule has 0 bridgehead atoms. The highest BCUT2D eigenvalue weighted by Crippen LogP contribution is 2.19. The predicted molar refractivity (Wildman–Crippen MR) is 210 cm³/mol. The summed E-state index contributed by atoms with van der Waals surface area (Å²) in [5.74, 6) is 6.05. The van der Waals surface area contributed by atoms with E-state index in [9.17, 15) is 0 Å². The van der Waals surface area contributed by atoms with Crippen LogP contribution in [0, 0.1) is 24.7 Å². The quantitative estimate of drug-likeness (QED) is 0.175. The average Bonchev–Trinajstić information content (AvgIpc) is 3.93. The van der Waals surface area contributed by atoms with E-state index in [1.807, 2.05) is 153 Å². The largest absolute Gasteiger partial charge is 0.255 e. The molecule has 0 atom stereocenters. The van der Waals surface area contributed by atoms with Crippen molar-refractivity contribution in [3.05, 3.63) is 122 Å². The number of terminal acetylenes is 2. The van der Waals surface area contributed by atoms with E-state index in [4.69, 9.17) is 0 Å². The van der Waals surface area contributed by atoms with E-state index in [1.54, 1.807) is 48.0 Å². The van der Waals surface area contributed by atoms with Gasteiger partial charge in [-0.1, -0.05) is 87.1 Å². The Morgan fingerprint density at radius 1 is 0.449 bits per heavy atom. The number of nitrogens with zero attached hydrogens (tertiary/aromatic N) is 8. The zero-order chi connectivity index (χ0) is 36.4. The number of pyridine rings is 4. The van der Waals surface area contributed by atoms with Crippen molar-refractivity contribution in [1.82, 2.24) is 39.5 Å². The topological polar surface area (TPSA) is 87.2 Å². The fourth-order valence-electron chi connectivity index (χ4n) is 3.22. The lowest BCUT2D eigenvalue weighted by Crippen LogP contribution is -2.03. The molecule has 6 heterocycles. The molecular weight excluding hydrogens is 605 g/mol. The van der Waals surface area contributed by atoms with Crippen LogP contribution < -0.4 is 0 Å². The second-order valence-corrected chi connectivity index (χ2v) is 7.67. The maximum Gasteiger partial charge on any atom is 0.155 e. The SMILES string of the molecule is C.C#CC.C#CC.CC.CC.CC.CC.c1cc(-n2cccn2)nc(-n2cccn2)c1.c1ccc(-c2cccc(-c3ccccn3)n2)nc1. The molecular formula is C41H56N8. The first-order valence-electron chi connectivity index (χ1n) is 16.2. The number of hydrogen-bond donors (Lipinski definition) is 0. The van der Waals surface area contributed by atoms with Crippen LogP contribution in [0.3, 0.4) is 0 Å². The fraction of sp³-hybridized carbons (Fsp3) is 0.268. The summed E-state index contributed by atoms with van der Waals surface area (Å²) < 4.78 is 3.43. The van der Waals surface area contributed by atoms with Gasteiger partial charge in [0.05, 0.1) is 22.8 Å². The summed E-state index contributed by atoms with van der Waals surface area (Å²) in [6.45, 7) is 19.3. The van der Waals surface area contributed by atoms with Crippen molar-refractivity contribution in [1.29, 1.82) is 0 Å². The van der Waals surface area contributed by atoms with Gasteiger partial charge in [0.1, 0.15) is 0 Å². The molecule has 6 aromatic heterocycles. The van der Waals surface area contributed by atoms with Crippen LogP contribution in [0.4, 0.5) is 0 Å². The second-order valence-electron chi connectivity index (χ2n) is 7.67. The summed E-state index contributed by atoms with van der Waals surface area (Å²) in [5, 5.41) is 8.27. The van der Waals surface area contributed by atoms with Crippen molar-refractivity contribution in [2.45, 2.75) is 76.7 Å². The van der Waals surface area contributed by atoms with E-state index in [2.05, 4.69) is 54.8 Å². The zero-order valence-corrected chi connectivity index (χ0v) is 30.3. The van der Waals surface area contributed by atoms with Crippen molar-refractivity contribution < 1.29 is 0 Å². The van der Waals surface area contributed by atoms with Crippen LogP contribution in [0.2, 0.25) is 0 Å². The van der Waals surface area contributed by atoms with E-state index < -0.39 is 0 Å². The lowest BCUT2D eigenvalue weighted by atomic mass is 10.2. The lowest BCUT2D eigenvalue weighted by molar-refractivity contribution is 0.803. The van der Waals surface area contributed by atoms with Crippen molar-refractivity contribution in [2.75, 3.05) is 0 Å². The molecule has 49 heavy (non-hydrogen) atoms. The van der Waals surface area contributed by atoms with Gasteiger partial charge in [-0.05, 0) is 74.5 Å². The Kier molecular flexibility index (Phi) is 32.5. The van der Waals surface area contributed by atoms with Gasteiger partial charge in [-0.3, -0.25) is 9.97 Å². The summed E-state index contributed by atoms with van der Waals surface area (Å²) in [6.07, 6.45) is 19.9. The molecule has 6 aromatic rings. The third kappa shape index (κ3) is 18.8. The molecule has 8 heteroatoms. The minimum absolute atomic E-state index is 0. The van der Waals surface area contributed by atoms with Crippen molar-refractivity contribution in [2.24, 2.45) is 0 Å². The fourth-order valence-corrected chi connectivity index (χ4v) is 3.22. The Bertz CT molecular complexity index is 1500. The Labute approximate surface area is 296 Å². The smallest absolute Gasteiger partial charge is 0.155 e. The monoisotopic (exact) mass is 660 g/mol. The van der Waals surface area contributed by atoms with Gasteiger partial charge in [0, 0.05) is 37.2 Å². The van der Waals surface area contributed by atoms with E-state index in [1.165, 1.54) is 0 Å². The molecule has 0 radical (unpaired) electrons. The minimum atomic E-state index is 0. The van der Waals surface area contributed by atoms with E-state index >= 15 is 0 Å². The van der Waals surface area contributed by atoms with Crippen LogP contribution in [0.1, 0.15) is 76.7 Å². The molecule has 0 fully saturated rings. The Hall–Kier alpha value is -5.86. The van der Waals surface area contributed by atoms with Crippen LogP contribution in [-0.2, 0) is 0 Å². The lowest BCUT2D eigenvalue weighted by Gasteiger charge is -2.03. The molecule has 8 nitrogen and oxygen atoms in total. The van der Waals surface area contributed by atoms with Gasteiger partial charge in [-0.25, -0.2) is 19.3 Å². The van der Waals surface area contributed by atoms with Gasteiger partial charge in [0.15, 0.2) is 11.6 Å². The first-order chi connectivity index (χ1) is 23.7. The van der Waals surface area contributed by atoms with Gasteiger partial charge in [0.2, 0.25) is 0 Å². The summed E-state index contributed by atoms with van der Waals surface area (Å²) in [6, 6.07) is 26.9. The highest BCUT2D eigenvalue weighted by atomic mass is 15.3. The van der Waals surface area contributed by atoms with Crippen LogP contribution in [0.25, 0.3) is 34.4 Å². The summed E-state index contributed by atoms with van der Waals surface area (Å²) >= 11 is 0. The minimum Gasteiger partial charge on any atom is -0.255 e. The normalized spacial score (nSPS) is 8.00.